The van der Waals surface area contributed by atoms with Crippen LogP contribution in [0.5, 0.6) is 0 Å². The van der Waals surface area contributed by atoms with Gasteiger partial charge in [0.05, 0.1) is 22.8 Å². The van der Waals surface area contributed by atoms with Gasteiger partial charge in [0.15, 0.2) is 0 Å². The Labute approximate surface area is 184 Å². The Kier molecular flexibility index (Phi) is 6.62. The monoisotopic (exact) mass is 440 g/mol. The van der Waals surface area contributed by atoms with Crippen LogP contribution in [0.15, 0.2) is 59.5 Å². The van der Waals surface area contributed by atoms with Crippen molar-refractivity contribution < 1.29 is 13.2 Å². The predicted octanol–water partition coefficient (Wildman–Crippen LogP) is 3.08. The quantitative estimate of drug-likeness (QED) is 0.566. The number of carbonyl (C=O) groups is 1. The highest BCUT2D eigenvalue weighted by molar-refractivity contribution is 7.89. The fourth-order valence-electron chi connectivity index (χ4n) is 3.34. The van der Waals surface area contributed by atoms with Crippen LogP contribution < -0.4 is 0 Å². The summed E-state index contributed by atoms with van der Waals surface area (Å²) in [6, 6.07) is 16.4. The smallest absolute Gasteiger partial charge is 0.243 e. The molecule has 1 aromatic heterocycles. The Morgan fingerprint density at radius 1 is 0.968 bits per heavy atom. The zero-order valence-electron chi connectivity index (χ0n) is 18.5. The van der Waals surface area contributed by atoms with Crippen molar-refractivity contribution in [2.75, 3.05) is 20.6 Å². The summed E-state index contributed by atoms with van der Waals surface area (Å²) in [6.07, 6.45) is 0. The van der Waals surface area contributed by atoms with Gasteiger partial charge in [-0.15, -0.1) is 0 Å². The van der Waals surface area contributed by atoms with E-state index in [0.29, 0.717) is 6.54 Å². The molecule has 1 heterocycles. The molecule has 8 heteroatoms. The molecule has 0 atom stereocenters. The number of sulfonamides is 1. The lowest BCUT2D eigenvalue weighted by Gasteiger charge is -2.22. The summed E-state index contributed by atoms with van der Waals surface area (Å²) >= 11 is 0. The molecule has 0 bridgehead atoms. The van der Waals surface area contributed by atoms with Gasteiger partial charge < -0.3 is 4.90 Å². The zero-order chi connectivity index (χ0) is 22.8. The maximum Gasteiger partial charge on any atom is 0.243 e. The number of rotatable bonds is 7. The molecule has 0 aliphatic carbocycles. The van der Waals surface area contributed by atoms with Crippen molar-refractivity contribution in [3.8, 4) is 5.69 Å². The average Bonchev–Trinajstić information content (AvgIpc) is 3.02. The molecule has 0 radical (unpaired) electrons. The molecular weight excluding hydrogens is 412 g/mol. The molecule has 3 aromatic rings. The van der Waals surface area contributed by atoms with Gasteiger partial charge in [-0.2, -0.15) is 9.40 Å². The molecule has 3 rings (SSSR count). The van der Waals surface area contributed by atoms with Gasteiger partial charge in [-0.1, -0.05) is 35.9 Å². The fraction of sp³-hybridized carbons (Fsp3) is 0.304. The van der Waals surface area contributed by atoms with E-state index in [4.69, 9.17) is 0 Å². The second-order valence-electron chi connectivity index (χ2n) is 7.72. The molecule has 0 saturated heterocycles. The van der Waals surface area contributed by atoms with Crippen LogP contribution in [-0.2, 0) is 21.4 Å². The van der Waals surface area contributed by atoms with Crippen LogP contribution in [0, 0.1) is 20.8 Å². The molecule has 0 unspecified atom stereocenters. The lowest BCUT2D eigenvalue weighted by Crippen LogP contribution is -2.39. The number of amides is 1. The van der Waals surface area contributed by atoms with E-state index in [0.717, 1.165) is 32.5 Å². The molecule has 7 nitrogen and oxygen atoms in total. The van der Waals surface area contributed by atoms with E-state index in [9.17, 15) is 13.2 Å². The van der Waals surface area contributed by atoms with Crippen LogP contribution in [0.2, 0.25) is 0 Å². The van der Waals surface area contributed by atoms with Crippen LogP contribution in [0.1, 0.15) is 22.5 Å². The molecule has 0 spiro atoms. The van der Waals surface area contributed by atoms with Crippen molar-refractivity contribution in [1.29, 1.82) is 0 Å². The highest BCUT2D eigenvalue weighted by Gasteiger charge is 2.25. The number of para-hydroxylation sites is 1. The lowest BCUT2D eigenvalue weighted by atomic mass is 10.2. The van der Waals surface area contributed by atoms with Gasteiger partial charge in [-0.3, -0.25) is 4.79 Å². The number of benzene rings is 2. The minimum Gasteiger partial charge on any atom is -0.340 e. The molecule has 2 aromatic carbocycles. The van der Waals surface area contributed by atoms with E-state index in [2.05, 4.69) is 5.10 Å². The van der Waals surface area contributed by atoms with Gasteiger partial charge in [0.1, 0.15) is 0 Å². The molecule has 164 valence electrons. The Morgan fingerprint density at radius 3 is 2.19 bits per heavy atom. The Bertz CT molecular complexity index is 1170. The third-order valence-electron chi connectivity index (χ3n) is 5.35. The highest BCUT2D eigenvalue weighted by Crippen LogP contribution is 2.20. The lowest BCUT2D eigenvalue weighted by molar-refractivity contribution is -0.130. The minimum atomic E-state index is -3.74. The van der Waals surface area contributed by atoms with E-state index < -0.39 is 10.0 Å². The van der Waals surface area contributed by atoms with Crippen molar-refractivity contribution in [1.82, 2.24) is 19.0 Å². The topological polar surface area (TPSA) is 75.5 Å². The maximum absolute atomic E-state index is 12.8. The van der Waals surface area contributed by atoms with Gasteiger partial charge in [0.25, 0.3) is 0 Å². The summed E-state index contributed by atoms with van der Waals surface area (Å²) in [5, 5.41) is 4.61. The standard InChI is InChI=1S/C23H28N4O3S/c1-17-11-13-21(14-12-17)31(29,30)26(5)16-23(28)25(4)15-22-18(2)24-27(19(22)3)20-9-7-6-8-10-20/h6-14H,15-16H2,1-5H3. The van der Waals surface area contributed by atoms with Crippen molar-refractivity contribution in [2.24, 2.45) is 0 Å². The van der Waals surface area contributed by atoms with Gasteiger partial charge in [0, 0.05) is 31.9 Å². The van der Waals surface area contributed by atoms with E-state index in [1.807, 2.05) is 55.8 Å². The number of nitrogens with zero attached hydrogens (tertiary/aromatic N) is 4. The number of likely N-dealkylation sites (N-methyl/N-ethyl adjacent to an activating group) is 2. The first-order chi connectivity index (χ1) is 14.6. The molecular formula is C23H28N4O3S. The third-order valence-corrected chi connectivity index (χ3v) is 7.17. The fourth-order valence-corrected chi connectivity index (χ4v) is 4.46. The minimum absolute atomic E-state index is 0.173. The van der Waals surface area contributed by atoms with Gasteiger partial charge >= 0.3 is 0 Å². The third kappa shape index (κ3) is 4.86. The SMILES string of the molecule is Cc1ccc(S(=O)(=O)N(C)CC(=O)N(C)Cc2c(C)nn(-c3ccccc3)c2C)cc1. The normalized spacial score (nSPS) is 11.7. The van der Waals surface area contributed by atoms with Crippen molar-refractivity contribution in [3.05, 3.63) is 77.1 Å². The average molecular weight is 441 g/mol. The summed E-state index contributed by atoms with van der Waals surface area (Å²) < 4.78 is 28.5. The van der Waals surface area contributed by atoms with E-state index in [1.165, 1.54) is 11.9 Å². The Balaban J connectivity index is 1.72. The number of aryl methyl sites for hydroxylation is 2. The van der Waals surface area contributed by atoms with E-state index in [1.54, 1.807) is 31.3 Å². The summed E-state index contributed by atoms with van der Waals surface area (Å²) in [7, 11) is -0.641. The number of hydrogen-bond donors (Lipinski definition) is 0. The van der Waals surface area contributed by atoms with Crippen molar-refractivity contribution >= 4 is 15.9 Å². The van der Waals surface area contributed by atoms with E-state index in [-0.39, 0.29) is 17.3 Å². The number of aromatic nitrogens is 2. The Morgan fingerprint density at radius 2 is 1.58 bits per heavy atom. The largest absolute Gasteiger partial charge is 0.340 e. The van der Waals surface area contributed by atoms with E-state index >= 15 is 0 Å². The van der Waals surface area contributed by atoms with Crippen LogP contribution in [0.3, 0.4) is 0 Å². The first-order valence-corrected chi connectivity index (χ1v) is 11.4. The molecule has 1 amide bonds. The summed E-state index contributed by atoms with van der Waals surface area (Å²) in [5.41, 5.74) is 4.65. The van der Waals surface area contributed by atoms with Crippen LogP contribution in [0.25, 0.3) is 5.69 Å². The number of hydrogen-bond acceptors (Lipinski definition) is 4. The molecule has 0 aliphatic heterocycles. The molecule has 0 saturated carbocycles. The summed E-state index contributed by atoms with van der Waals surface area (Å²) in [5.74, 6) is -0.288. The molecule has 0 fully saturated rings. The van der Waals surface area contributed by atoms with Gasteiger partial charge in [0.2, 0.25) is 15.9 Å². The Hall–Kier alpha value is -2.97. The first-order valence-electron chi connectivity index (χ1n) is 9.98. The molecule has 0 aliphatic rings. The van der Waals surface area contributed by atoms with Crippen LogP contribution in [-0.4, -0.2) is 54.0 Å². The number of carbonyl (C=O) groups excluding carboxylic acids is 1. The van der Waals surface area contributed by atoms with Gasteiger partial charge in [-0.25, -0.2) is 13.1 Å². The predicted molar refractivity (Wildman–Crippen MR) is 121 cm³/mol. The maximum atomic E-state index is 12.8. The van der Waals surface area contributed by atoms with Gasteiger partial charge in [-0.05, 0) is 45.0 Å². The van der Waals surface area contributed by atoms with Crippen LogP contribution >= 0.6 is 0 Å². The second-order valence-corrected chi connectivity index (χ2v) is 9.77. The molecule has 31 heavy (non-hydrogen) atoms. The first kappa shape index (κ1) is 22.7. The summed E-state index contributed by atoms with van der Waals surface area (Å²) in [4.78, 5) is 14.5. The summed E-state index contributed by atoms with van der Waals surface area (Å²) in [6.45, 7) is 5.88. The highest BCUT2D eigenvalue weighted by atomic mass is 32.2. The van der Waals surface area contributed by atoms with Crippen LogP contribution in [0.4, 0.5) is 0 Å². The zero-order valence-corrected chi connectivity index (χ0v) is 19.3. The van der Waals surface area contributed by atoms with Crippen molar-refractivity contribution in [3.63, 3.8) is 0 Å². The van der Waals surface area contributed by atoms with Crippen molar-refractivity contribution in [2.45, 2.75) is 32.2 Å². The second kappa shape index (κ2) is 9.03. The molecule has 0 N–H and O–H groups in total.